The molecular weight excluding hydrogens is 456 g/mol. The number of hydrogen-bond acceptors (Lipinski definition) is 5. The van der Waals surface area contributed by atoms with E-state index in [1.54, 1.807) is 6.26 Å². The van der Waals surface area contributed by atoms with Crippen molar-refractivity contribution in [2.24, 2.45) is 11.7 Å². The Labute approximate surface area is 209 Å². The maximum atomic E-state index is 13.5. The van der Waals surface area contributed by atoms with Crippen molar-refractivity contribution in [3.05, 3.63) is 53.4 Å². The van der Waals surface area contributed by atoms with E-state index in [2.05, 4.69) is 15.8 Å². The minimum absolute atomic E-state index is 0.000149. The Morgan fingerprint density at radius 1 is 1.08 bits per heavy atom. The largest absolute Gasteiger partial charge is 0.372 e. The Hall–Kier alpha value is -3.65. The number of aryl methyl sites for hydroxylation is 1. The Morgan fingerprint density at radius 3 is 2.47 bits per heavy atom. The molecule has 1 unspecified atom stereocenters. The summed E-state index contributed by atoms with van der Waals surface area (Å²) >= 11 is 0. The van der Waals surface area contributed by atoms with Crippen LogP contribution in [0.3, 0.4) is 0 Å². The van der Waals surface area contributed by atoms with Gasteiger partial charge < -0.3 is 24.5 Å². The molecule has 4 aromatic rings. The number of aromatic nitrogens is 2. The number of primary amides is 1. The molecule has 1 saturated heterocycles. The summed E-state index contributed by atoms with van der Waals surface area (Å²) < 4.78 is 13.2. The second-order valence-electron chi connectivity index (χ2n) is 10.4. The Balaban J connectivity index is 1.55. The van der Waals surface area contributed by atoms with E-state index in [4.69, 9.17) is 15.0 Å². The van der Waals surface area contributed by atoms with Crippen LogP contribution in [0.1, 0.15) is 53.1 Å². The molecule has 0 radical (unpaired) electrons. The smallest absolute Gasteiger partial charge is 0.254 e. The number of hydrogen-bond donors (Lipinski definition) is 1. The van der Waals surface area contributed by atoms with Gasteiger partial charge in [0.1, 0.15) is 6.26 Å². The van der Waals surface area contributed by atoms with E-state index >= 15 is 0 Å². The van der Waals surface area contributed by atoms with Crippen molar-refractivity contribution in [2.75, 3.05) is 13.1 Å². The number of carbonyl (C=O) groups excluding carboxylic acids is 2. The Bertz CT molecular complexity index is 1500. The van der Waals surface area contributed by atoms with Gasteiger partial charge in [-0.25, -0.2) is 0 Å². The number of nitrogens with zero attached hydrogens (tertiary/aromatic N) is 3. The third-order valence-corrected chi connectivity index (χ3v) is 7.38. The lowest BCUT2D eigenvalue weighted by Crippen LogP contribution is -2.48. The van der Waals surface area contributed by atoms with Gasteiger partial charge in [0, 0.05) is 47.1 Å². The van der Waals surface area contributed by atoms with Crippen LogP contribution >= 0.6 is 0 Å². The number of ether oxygens (including phenoxy) is 1. The van der Waals surface area contributed by atoms with Gasteiger partial charge >= 0.3 is 0 Å². The number of amides is 2. The lowest BCUT2D eigenvalue weighted by atomic mass is 9.99. The molecule has 186 valence electrons. The fourth-order valence-corrected chi connectivity index (χ4v) is 5.55. The van der Waals surface area contributed by atoms with Crippen molar-refractivity contribution < 1.29 is 18.8 Å². The highest BCUT2D eigenvalue weighted by atomic mass is 16.5. The summed E-state index contributed by atoms with van der Waals surface area (Å²) in [6.07, 6.45) is 3.91. The zero-order chi connectivity index (χ0) is 25.1. The summed E-state index contributed by atoms with van der Waals surface area (Å²) in [5.41, 5.74) is 11.2. The van der Waals surface area contributed by atoms with Gasteiger partial charge in [-0.1, -0.05) is 11.2 Å². The quantitative estimate of drug-likeness (QED) is 0.447. The molecule has 1 aliphatic heterocycles. The van der Waals surface area contributed by atoms with Gasteiger partial charge in [0.15, 0.2) is 0 Å². The van der Waals surface area contributed by atoms with Crippen molar-refractivity contribution in [3.8, 4) is 11.1 Å². The average molecular weight is 487 g/mol. The fourth-order valence-electron chi connectivity index (χ4n) is 5.55. The number of carbonyl (C=O) groups is 2. The number of fused-ring (bicyclic) bond motifs is 3. The zero-order valence-corrected chi connectivity index (χ0v) is 20.8. The van der Waals surface area contributed by atoms with Crippen molar-refractivity contribution in [1.82, 2.24) is 14.6 Å². The van der Waals surface area contributed by atoms with Crippen LogP contribution in [0.15, 0.2) is 41.1 Å². The van der Waals surface area contributed by atoms with E-state index in [9.17, 15) is 9.59 Å². The van der Waals surface area contributed by atoms with E-state index in [1.807, 2.05) is 49.9 Å². The molecule has 2 atom stereocenters. The molecule has 2 aromatic heterocycles. The zero-order valence-electron chi connectivity index (χ0n) is 20.8. The van der Waals surface area contributed by atoms with E-state index < -0.39 is 5.91 Å². The number of nitrogens with two attached hydrogens (primary N) is 1. The third-order valence-electron chi connectivity index (χ3n) is 7.38. The second kappa shape index (κ2) is 8.48. The molecule has 0 bridgehead atoms. The summed E-state index contributed by atoms with van der Waals surface area (Å²) in [7, 11) is 0. The summed E-state index contributed by atoms with van der Waals surface area (Å²) in [6, 6.07) is 9.75. The highest BCUT2D eigenvalue weighted by Gasteiger charge is 2.29. The molecule has 2 fully saturated rings. The predicted molar refractivity (Wildman–Crippen MR) is 137 cm³/mol. The average Bonchev–Trinajstić information content (AvgIpc) is 3.49. The maximum Gasteiger partial charge on any atom is 0.254 e. The second-order valence-corrected chi connectivity index (χ2v) is 10.4. The first-order chi connectivity index (χ1) is 17.3. The lowest BCUT2D eigenvalue weighted by Gasteiger charge is -2.35. The van der Waals surface area contributed by atoms with Crippen molar-refractivity contribution >= 4 is 33.6 Å². The van der Waals surface area contributed by atoms with Crippen molar-refractivity contribution in [2.45, 2.75) is 52.4 Å². The fraction of sp³-hybridized carbons (Fsp3) is 0.393. The Kier molecular flexibility index (Phi) is 5.37. The predicted octanol–water partition coefficient (Wildman–Crippen LogP) is 4.52. The molecule has 3 heterocycles. The molecule has 2 aliphatic rings. The molecule has 1 saturated carbocycles. The molecule has 2 N–H and O–H groups in total. The molecule has 8 nitrogen and oxygen atoms in total. The van der Waals surface area contributed by atoms with Crippen molar-refractivity contribution in [1.29, 1.82) is 0 Å². The third kappa shape index (κ3) is 3.86. The number of morpholine rings is 1. The van der Waals surface area contributed by atoms with Crippen LogP contribution in [0.25, 0.3) is 32.9 Å². The molecule has 36 heavy (non-hydrogen) atoms. The minimum Gasteiger partial charge on any atom is -0.372 e. The number of rotatable bonds is 5. The van der Waals surface area contributed by atoms with Crippen LogP contribution in [0.4, 0.5) is 0 Å². The summed E-state index contributed by atoms with van der Waals surface area (Å²) in [5.74, 6) is 0.0752. The van der Waals surface area contributed by atoms with E-state index in [1.165, 1.54) is 0 Å². The lowest BCUT2D eigenvalue weighted by molar-refractivity contribution is -0.0586. The minimum atomic E-state index is -0.483. The summed E-state index contributed by atoms with van der Waals surface area (Å²) in [5, 5.41) is 5.93. The van der Waals surface area contributed by atoms with Crippen LogP contribution in [0, 0.1) is 12.8 Å². The first-order valence-electron chi connectivity index (χ1n) is 12.6. The van der Waals surface area contributed by atoms with E-state index in [-0.39, 0.29) is 18.1 Å². The molecule has 2 amide bonds. The monoisotopic (exact) mass is 486 g/mol. The molecule has 0 spiro atoms. The molecule has 2 aromatic carbocycles. The molecule has 1 aliphatic carbocycles. The van der Waals surface area contributed by atoms with Gasteiger partial charge in [-0.3, -0.25) is 9.59 Å². The first kappa shape index (κ1) is 22.8. The van der Waals surface area contributed by atoms with Crippen LogP contribution < -0.4 is 5.73 Å². The van der Waals surface area contributed by atoms with Crippen LogP contribution in [0.5, 0.6) is 0 Å². The van der Waals surface area contributed by atoms with Crippen LogP contribution in [0.2, 0.25) is 0 Å². The standard InChI is InChI=1S/C28H30N4O4/c1-15-11-31(12-16(2)36-15)28(34)19-6-7-21-22-8-20(24-14-35-30-17(24)3)9-23(27(29)33)26(22)32(25(21)10-19)13-18-4-5-18/h6-10,14-16,18H,4-5,11-13H2,1-3H3,(H2,29,33)/t15-,16?/m0/s1. The van der Waals surface area contributed by atoms with Gasteiger partial charge in [-0.2, -0.15) is 0 Å². The highest BCUT2D eigenvalue weighted by Crippen LogP contribution is 2.39. The van der Waals surface area contributed by atoms with Gasteiger partial charge in [-0.15, -0.1) is 0 Å². The Morgan fingerprint density at radius 2 is 1.83 bits per heavy atom. The van der Waals surface area contributed by atoms with Gasteiger partial charge in [0.25, 0.3) is 11.8 Å². The van der Waals surface area contributed by atoms with Gasteiger partial charge in [0.2, 0.25) is 0 Å². The van der Waals surface area contributed by atoms with Crippen LogP contribution in [-0.2, 0) is 11.3 Å². The summed E-state index contributed by atoms with van der Waals surface area (Å²) in [6.45, 7) is 7.78. The van der Waals surface area contributed by atoms with E-state index in [0.717, 1.165) is 58.0 Å². The van der Waals surface area contributed by atoms with Gasteiger partial charge in [-0.05, 0) is 69.4 Å². The van der Waals surface area contributed by atoms with E-state index in [0.29, 0.717) is 30.1 Å². The normalized spacial score (nSPS) is 20.4. The molecular formula is C28H30N4O4. The number of benzene rings is 2. The molecule has 6 rings (SSSR count). The SMILES string of the molecule is Cc1nocc1-c1cc(C(N)=O)c2c(c1)c1ccc(C(=O)N3CC(C)O[C@@H](C)C3)cc1n2CC1CC1. The highest BCUT2D eigenvalue weighted by molar-refractivity contribution is 6.17. The van der Waals surface area contributed by atoms with Gasteiger partial charge in [0.05, 0.1) is 29.0 Å². The first-order valence-corrected chi connectivity index (χ1v) is 12.6. The topological polar surface area (TPSA) is 104 Å². The van der Waals surface area contributed by atoms with Crippen molar-refractivity contribution in [3.63, 3.8) is 0 Å². The molecule has 8 heteroatoms. The maximum absolute atomic E-state index is 13.5. The van der Waals surface area contributed by atoms with Crippen LogP contribution in [-0.4, -0.2) is 51.7 Å². The summed E-state index contributed by atoms with van der Waals surface area (Å²) in [4.78, 5) is 28.1.